The first-order valence-electron chi connectivity index (χ1n) is 6.95. The number of carbonyl (C=O) groups excluding carboxylic acids is 1. The normalized spacial score (nSPS) is 15.4. The van der Waals surface area contributed by atoms with Crippen molar-refractivity contribution in [3.8, 4) is 0 Å². The van der Waals surface area contributed by atoms with Crippen molar-refractivity contribution in [1.29, 1.82) is 0 Å². The van der Waals surface area contributed by atoms with Gasteiger partial charge in [-0.25, -0.2) is 13.1 Å². The summed E-state index contributed by atoms with van der Waals surface area (Å²) in [5, 5.41) is 0.686. The monoisotopic (exact) mass is 374 g/mol. The Labute approximate surface area is 133 Å². The molecule has 116 valence electrons. The number of rotatable bonds is 6. The van der Waals surface area contributed by atoms with Gasteiger partial charge in [0.25, 0.3) is 0 Å². The third kappa shape index (κ3) is 4.52. The highest BCUT2D eigenvalue weighted by Gasteiger charge is 2.19. The van der Waals surface area contributed by atoms with Crippen LogP contribution in [0.5, 0.6) is 0 Å². The number of hydrogen-bond donors (Lipinski definition) is 1. The van der Waals surface area contributed by atoms with Crippen LogP contribution in [-0.2, 0) is 20.1 Å². The highest BCUT2D eigenvalue weighted by atomic mass is 79.9. The molecule has 1 heterocycles. The highest BCUT2D eigenvalue weighted by molar-refractivity contribution is 9.08. The third-order valence-electron chi connectivity index (χ3n) is 3.48. The summed E-state index contributed by atoms with van der Waals surface area (Å²) >= 11 is 3.32. The average molecular weight is 375 g/mol. The molecule has 0 spiro atoms. The van der Waals surface area contributed by atoms with E-state index in [1.165, 1.54) is 0 Å². The summed E-state index contributed by atoms with van der Waals surface area (Å²) in [5.41, 5.74) is 1.01. The lowest BCUT2D eigenvalue weighted by molar-refractivity contribution is -0.129. The number of nitrogens with one attached hydrogen (secondary N) is 1. The molecule has 0 unspecified atom stereocenters. The van der Waals surface area contributed by atoms with Crippen molar-refractivity contribution < 1.29 is 13.2 Å². The lowest BCUT2D eigenvalue weighted by Crippen LogP contribution is -2.32. The Morgan fingerprint density at radius 3 is 2.38 bits per heavy atom. The molecule has 1 N–H and O–H groups in total. The van der Waals surface area contributed by atoms with Crippen molar-refractivity contribution >= 4 is 31.9 Å². The molecule has 0 aromatic heterocycles. The van der Waals surface area contributed by atoms with E-state index in [0.29, 0.717) is 5.33 Å². The second kappa shape index (κ2) is 7.38. The molecule has 1 aromatic rings. The molecule has 1 saturated heterocycles. The fourth-order valence-electron chi connectivity index (χ4n) is 2.26. The Balaban J connectivity index is 1.87. The van der Waals surface area contributed by atoms with Gasteiger partial charge in [-0.1, -0.05) is 28.1 Å². The van der Waals surface area contributed by atoms with E-state index < -0.39 is 10.0 Å². The minimum absolute atomic E-state index is 0.0184. The summed E-state index contributed by atoms with van der Waals surface area (Å²) in [7, 11) is -3.54. The van der Waals surface area contributed by atoms with Crippen LogP contribution in [0.3, 0.4) is 0 Å². The fraction of sp³-hybridized carbons (Fsp3) is 0.500. The molecule has 1 aromatic carbocycles. The number of nitrogens with zero attached hydrogens (tertiary/aromatic N) is 1. The van der Waals surface area contributed by atoms with Gasteiger partial charge in [-0.3, -0.25) is 4.79 Å². The number of amides is 1. The molecule has 1 amide bonds. The highest BCUT2D eigenvalue weighted by Crippen LogP contribution is 2.13. The maximum atomic E-state index is 12.1. The van der Waals surface area contributed by atoms with Gasteiger partial charge in [0, 0.05) is 31.4 Å². The van der Waals surface area contributed by atoms with Crippen molar-refractivity contribution in [2.24, 2.45) is 0 Å². The number of halogens is 1. The van der Waals surface area contributed by atoms with Gasteiger partial charge in [-0.15, -0.1) is 0 Å². The molecule has 2 rings (SSSR count). The van der Waals surface area contributed by atoms with Gasteiger partial charge in [-0.05, 0) is 30.5 Å². The Kier molecular flexibility index (Phi) is 5.78. The SMILES string of the molecule is O=C(CCNS(=O)(=O)c1ccc(CBr)cc1)N1CCCC1. The largest absolute Gasteiger partial charge is 0.343 e. The quantitative estimate of drug-likeness (QED) is 0.772. The number of likely N-dealkylation sites (tertiary alicyclic amines) is 1. The van der Waals surface area contributed by atoms with Crippen molar-refractivity contribution in [2.45, 2.75) is 29.5 Å². The number of hydrogen-bond acceptors (Lipinski definition) is 3. The zero-order chi connectivity index (χ0) is 15.3. The van der Waals surface area contributed by atoms with Crippen LogP contribution in [0.2, 0.25) is 0 Å². The molecule has 7 heteroatoms. The van der Waals surface area contributed by atoms with Crippen molar-refractivity contribution in [1.82, 2.24) is 9.62 Å². The summed E-state index contributed by atoms with van der Waals surface area (Å²) < 4.78 is 26.7. The molecule has 21 heavy (non-hydrogen) atoms. The lowest BCUT2D eigenvalue weighted by atomic mass is 10.2. The van der Waals surface area contributed by atoms with Crippen LogP contribution in [-0.4, -0.2) is 38.9 Å². The molecule has 0 saturated carbocycles. The minimum Gasteiger partial charge on any atom is -0.343 e. The summed E-state index contributed by atoms with van der Waals surface area (Å²) in [4.78, 5) is 13.9. The Morgan fingerprint density at radius 1 is 1.19 bits per heavy atom. The Bertz CT molecular complexity index is 581. The van der Waals surface area contributed by atoms with Crippen LogP contribution in [0, 0.1) is 0 Å². The van der Waals surface area contributed by atoms with Gasteiger partial charge in [0.05, 0.1) is 4.90 Å². The Hall–Kier alpha value is -0.920. The zero-order valence-electron chi connectivity index (χ0n) is 11.7. The van der Waals surface area contributed by atoms with Gasteiger partial charge >= 0.3 is 0 Å². The number of benzene rings is 1. The summed E-state index contributed by atoms with van der Waals surface area (Å²) in [6.07, 6.45) is 2.29. The smallest absolute Gasteiger partial charge is 0.240 e. The second-order valence-corrected chi connectivity index (χ2v) is 7.34. The minimum atomic E-state index is -3.54. The maximum absolute atomic E-state index is 12.1. The van der Waals surface area contributed by atoms with Gasteiger partial charge in [-0.2, -0.15) is 0 Å². The zero-order valence-corrected chi connectivity index (χ0v) is 14.1. The van der Waals surface area contributed by atoms with E-state index in [9.17, 15) is 13.2 Å². The first kappa shape index (κ1) is 16.5. The molecule has 0 atom stereocenters. The third-order valence-corrected chi connectivity index (χ3v) is 5.60. The summed E-state index contributed by atoms with van der Waals surface area (Å²) in [6.45, 7) is 1.72. The molecule has 0 bridgehead atoms. The standard InChI is InChI=1S/C14H19BrN2O3S/c15-11-12-3-5-13(6-4-12)21(19,20)16-8-7-14(18)17-9-1-2-10-17/h3-6,16H,1-2,7-11H2. The first-order valence-corrected chi connectivity index (χ1v) is 9.56. The predicted octanol–water partition coefficient (Wildman–Crippen LogP) is 1.87. The number of alkyl halides is 1. The van der Waals surface area contributed by atoms with Gasteiger partial charge in [0.2, 0.25) is 15.9 Å². The lowest BCUT2D eigenvalue weighted by Gasteiger charge is -2.15. The van der Waals surface area contributed by atoms with Crippen molar-refractivity contribution in [3.63, 3.8) is 0 Å². The van der Waals surface area contributed by atoms with Crippen LogP contribution >= 0.6 is 15.9 Å². The number of carbonyl (C=O) groups is 1. The van der Waals surface area contributed by atoms with E-state index in [2.05, 4.69) is 20.7 Å². The predicted molar refractivity (Wildman–Crippen MR) is 84.7 cm³/mol. The summed E-state index contributed by atoms with van der Waals surface area (Å²) in [5.74, 6) is 0.0184. The van der Waals surface area contributed by atoms with E-state index in [-0.39, 0.29) is 23.8 Å². The average Bonchev–Trinajstić information content (AvgIpc) is 3.01. The van der Waals surface area contributed by atoms with E-state index in [1.54, 1.807) is 29.2 Å². The number of sulfonamides is 1. The first-order chi connectivity index (χ1) is 10.0. The van der Waals surface area contributed by atoms with Crippen molar-refractivity contribution in [3.05, 3.63) is 29.8 Å². The van der Waals surface area contributed by atoms with Crippen LogP contribution in [0.25, 0.3) is 0 Å². The molecular formula is C14H19BrN2O3S. The van der Waals surface area contributed by atoms with Crippen LogP contribution in [0.1, 0.15) is 24.8 Å². The fourth-order valence-corrected chi connectivity index (χ4v) is 3.66. The summed E-state index contributed by atoms with van der Waals surface area (Å²) in [6, 6.07) is 6.67. The maximum Gasteiger partial charge on any atom is 0.240 e. The van der Waals surface area contributed by atoms with Crippen LogP contribution < -0.4 is 4.72 Å². The van der Waals surface area contributed by atoms with E-state index in [0.717, 1.165) is 31.5 Å². The topological polar surface area (TPSA) is 66.5 Å². The van der Waals surface area contributed by atoms with Gasteiger partial charge < -0.3 is 4.90 Å². The molecule has 1 fully saturated rings. The van der Waals surface area contributed by atoms with E-state index in [4.69, 9.17) is 0 Å². The van der Waals surface area contributed by atoms with Gasteiger partial charge in [0.15, 0.2) is 0 Å². The van der Waals surface area contributed by atoms with Crippen molar-refractivity contribution in [2.75, 3.05) is 19.6 Å². The van der Waals surface area contributed by atoms with Crippen LogP contribution in [0.4, 0.5) is 0 Å². The molecular weight excluding hydrogens is 356 g/mol. The molecule has 5 nitrogen and oxygen atoms in total. The molecule has 0 aliphatic carbocycles. The second-order valence-electron chi connectivity index (χ2n) is 5.01. The molecule has 0 radical (unpaired) electrons. The molecule has 1 aliphatic heterocycles. The Morgan fingerprint density at radius 2 is 1.81 bits per heavy atom. The van der Waals surface area contributed by atoms with Crippen LogP contribution in [0.15, 0.2) is 29.2 Å². The van der Waals surface area contributed by atoms with E-state index >= 15 is 0 Å². The van der Waals surface area contributed by atoms with Gasteiger partial charge in [0.1, 0.15) is 0 Å². The van der Waals surface area contributed by atoms with E-state index in [1.807, 2.05) is 0 Å². The molecule has 1 aliphatic rings.